The molecule has 0 saturated carbocycles. The molecule has 8 heteroatoms. The second-order valence-electron chi connectivity index (χ2n) is 10.0. The molecule has 0 bridgehead atoms. The third-order valence-corrected chi connectivity index (χ3v) is 7.58. The lowest BCUT2D eigenvalue weighted by atomic mass is 9.76. The summed E-state index contributed by atoms with van der Waals surface area (Å²) < 4.78 is 0. The van der Waals surface area contributed by atoms with Crippen molar-refractivity contribution in [3.63, 3.8) is 0 Å². The number of aromatic hydroxyl groups is 1. The summed E-state index contributed by atoms with van der Waals surface area (Å²) in [4.78, 5) is 44.1. The summed E-state index contributed by atoms with van der Waals surface area (Å²) in [5.74, 6) is -4.09. The number of imide groups is 1. The summed E-state index contributed by atoms with van der Waals surface area (Å²) in [6.45, 7) is 1.82. The predicted molar refractivity (Wildman–Crippen MR) is 139 cm³/mol. The van der Waals surface area contributed by atoms with Gasteiger partial charge >= 0.3 is 5.97 Å². The Labute approximate surface area is 215 Å². The lowest BCUT2D eigenvalue weighted by molar-refractivity contribution is -0.148. The number of para-hydroxylation sites is 1. The molecule has 0 radical (unpaired) electrons. The Balaban J connectivity index is 1.65. The third kappa shape index (κ3) is 3.94. The SMILES string of the molecule is Cc1ccccc1N1C(=O)C2C(c3ccc(N(C)C)cc3)NC(Cc3ccc(O)cc3)(C(=O)O)C2C1=O. The van der Waals surface area contributed by atoms with Crippen LogP contribution < -0.4 is 15.1 Å². The molecule has 4 atom stereocenters. The zero-order valence-corrected chi connectivity index (χ0v) is 20.9. The van der Waals surface area contributed by atoms with E-state index in [-0.39, 0.29) is 12.2 Å². The molecule has 2 saturated heterocycles. The molecule has 3 aromatic carbocycles. The van der Waals surface area contributed by atoms with E-state index in [1.165, 1.54) is 17.0 Å². The normalized spacial score (nSPS) is 24.8. The zero-order chi connectivity index (χ0) is 26.5. The number of phenols is 1. The number of carbonyl (C=O) groups is 3. The number of fused-ring (bicyclic) bond motifs is 1. The van der Waals surface area contributed by atoms with Gasteiger partial charge in [0.1, 0.15) is 11.3 Å². The summed E-state index contributed by atoms with van der Waals surface area (Å²) in [7, 11) is 3.84. The third-order valence-electron chi connectivity index (χ3n) is 7.58. The average molecular weight is 500 g/mol. The molecule has 3 N–H and O–H groups in total. The summed E-state index contributed by atoms with van der Waals surface area (Å²) in [6.07, 6.45) is -0.0311. The lowest BCUT2D eigenvalue weighted by Crippen LogP contribution is -2.57. The molecule has 0 aromatic heterocycles. The molecule has 2 heterocycles. The molecule has 190 valence electrons. The van der Waals surface area contributed by atoms with Crippen molar-refractivity contribution in [3.05, 3.63) is 89.5 Å². The van der Waals surface area contributed by atoms with Gasteiger partial charge in [0.2, 0.25) is 11.8 Å². The van der Waals surface area contributed by atoms with Crippen molar-refractivity contribution in [2.45, 2.75) is 24.9 Å². The molecule has 2 aliphatic heterocycles. The van der Waals surface area contributed by atoms with Gasteiger partial charge in [-0.2, -0.15) is 0 Å². The van der Waals surface area contributed by atoms with Crippen LogP contribution in [0.15, 0.2) is 72.8 Å². The molecule has 8 nitrogen and oxygen atoms in total. The van der Waals surface area contributed by atoms with Gasteiger partial charge in [0, 0.05) is 32.2 Å². The Bertz CT molecular complexity index is 1370. The number of rotatable bonds is 6. The fraction of sp³-hybridized carbons (Fsp3) is 0.276. The van der Waals surface area contributed by atoms with Gasteiger partial charge in [-0.15, -0.1) is 0 Å². The highest BCUT2D eigenvalue weighted by Gasteiger charge is 2.68. The first-order valence-corrected chi connectivity index (χ1v) is 12.1. The van der Waals surface area contributed by atoms with Crippen LogP contribution in [0.25, 0.3) is 0 Å². The molecule has 37 heavy (non-hydrogen) atoms. The van der Waals surface area contributed by atoms with Crippen molar-refractivity contribution in [3.8, 4) is 5.75 Å². The van der Waals surface area contributed by atoms with E-state index in [0.717, 1.165) is 16.8 Å². The van der Waals surface area contributed by atoms with Gasteiger partial charge in [-0.25, -0.2) is 4.90 Å². The van der Waals surface area contributed by atoms with E-state index in [9.17, 15) is 24.6 Å². The van der Waals surface area contributed by atoms with Crippen molar-refractivity contribution in [2.75, 3.05) is 23.9 Å². The van der Waals surface area contributed by atoms with Crippen LogP contribution in [0.2, 0.25) is 0 Å². The highest BCUT2D eigenvalue weighted by molar-refractivity contribution is 6.24. The van der Waals surface area contributed by atoms with Crippen LogP contribution in [-0.4, -0.2) is 47.6 Å². The number of carbonyl (C=O) groups excluding carboxylic acids is 2. The molecule has 4 unspecified atom stereocenters. The maximum atomic E-state index is 14.0. The minimum atomic E-state index is -1.73. The van der Waals surface area contributed by atoms with Crippen molar-refractivity contribution in [1.82, 2.24) is 5.32 Å². The molecular formula is C29H29N3O5. The van der Waals surface area contributed by atoms with Gasteiger partial charge in [0.25, 0.3) is 0 Å². The molecule has 2 amide bonds. The number of carboxylic acids is 1. The highest BCUT2D eigenvalue weighted by Crippen LogP contribution is 2.51. The molecule has 5 rings (SSSR count). The van der Waals surface area contributed by atoms with Gasteiger partial charge < -0.3 is 15.1 Å². The topological polar surface area (TPSA) is 110 Å². The van der Waals surface area contributed by atoms with Crippen LogP contribution in [0.3, 0.4) is 0 Å². The number of benzene rings is 3. The maximum Gasteiger partial charge on any atom is 0.325 e. The van der Waals surface area contributed by atoms with Crippen molar-refractivity contribution in [2.24, 2.45) is 11.8 Å². The Morgan fingerprint density at radius 3 is 2.22 bits per heavy atom. The molecular weight excluding hydrogens is 470 g/mol. The maximum absolute atomic E-state index is 14.0. The first kappa shape index (κ1) is 24.5. The van der Waals surface area contributed by atoms with Crippen molar-refractivity contribution in [1.29, 1.82) is 0 Å². The van der Waals surface area contributed by atoms with Crippen LogP contribution >= 0.6 is 0 Å². The van der Waals surface area contributed by atoms with E-state index in [1.54, 1.807) is 24.3 Å². The summed E-state index contributed by atoms with van der Waals surface area (Å²) in [6, 6.07) is 20.2. The number of aryl methyl sites for hydroxylation is 1. The quantitative estimate of drug-likeness (QED) is 0.447. The van der Waals surface area contributed by atoms with Crippen LogP contribution in [0.5, 0.6) is 5.75 Å². The number of carboxylic acid groups (broad SMARTS) is 1. The van der Waals surface area contributed by atoms with E-state index >= 15 is 0 Å². The molecule has 0 spiro atoms. The van der Waals surface area contributed by atoms with E-state index < -0.39 is 41.2 Å². The Hall–Kier alpha value is -4.17. The molecule has 2 fully saturated rings. The molecule has 0 aliphatic carbocycles. The summed E-state index contributed by atoms with van der Waals surface area (Å²) in [5, 5.41) is 23.6. The van der Waals surface area contributed by atoms with Gasteiger partial charge in [-0.05, 0) is 53.9 Å². The first-order chi connectivity index (χ1) is 17.6. The summed E-state index contributed by atoms with van der Waals surface area (Å²) >= 11 is 0. The first-order valence-electron chi connectivity index (χ1n) is 12.1. The minimum absolute atomic E-state index is 0.0311. The fourth-order valence-electron chi connectivity index (χ4n) is 5.69. The smallest absolute Gasteiger partial charge is 0.325 e. The van der Waals surface area contributed by atoms with E-state index in [4.69, 9.17) is 0 Å². The Morgan fingerprint density at radius 2 is 1.62 bits per heavy atom. The minimum Gasteiger partial charge on any atom is -0.508 e. The predicted octanol–water partition coefficient (Wildman–Crippen LogP) is 3.28. The average Bonchev–Trinajstić information content (AvgIpc) is 3.35. The van der Waals surface area contributed by atoms with Crippen LogP contribution in [-0.2, 0) is 20.8 Å². The zero-order valence-electron chi connectivity index (χ0n) is 20.9. The second-order valence-corrected chi connectivity index (χ2v) is 10.0. The van der Waals surface area contributed by atoms with Gasteiger partial charge in [-0.1, -0.05) is 42.5 Å². The lowest BCUT2D eigenvalue weighted by Gasteiger charge is -2.31. The number of amides is 2. The Morgan fingerprint density at radius 1 is 0.973 bits per heavy atom. The van der Waals surface area contributed by atoms with E-state index in [1.807, 2.05) is 62.3 Å². The Kier molecular flexibility index (Phi) is 6.00. The monoisotopic (exact) mass is 499 g/mol. The van der Waals surface area contributed by atoms with Crippen molar-refractivity contribution < 1.29 is 24.6 Å². The number of hydrogen-bond donors (Lipinski definition) is 3. The fourth-order valence-corrected chi connectivity index (χ4v) is 5.69. The van der Waals surface area contributed by atoms with E-state index in [2.05, 4.69) is 5.32 Å². The standard InChI is InChI=1S/C29H29N3O5/c1-17-6-4-5-7-22(17)32-26(34)23-24(27(32)35)29(28(36)37,16-18-8-14-21(33)15-9-18)30-25(23)19-10-12-20(13-11-19)31(2)3/h4-15,23-25,30,33H,16H2,1-3H3,(H,36,37). The summed E-state index contributed by atoms with van der Waals surface area (Å²) in [5.41, 5.74) is 1.83. The highest BCUT2D eigenvalue weighted by atomic mass is 16.4. The number of nitrogens with zero attached hydrogens (tertiary/aromatic N) is 2. The van der Waals surface area contributed by atoms with Crippen LogP contribution in [0.4, 0.5) is 11.4 Å². The van der Waals surface area contributed by atoms with Gasteiger partial charge in [-0.3, -0.25) is 19.7 Å². The van der Waals surface area contributed by atoms with Crippen LogP contribution in [0.1, 0.15) is 22.7 Å². The number of nitrogens with one attached hydrogen (secondary N) is 1. The van der Waals surface area contributed by atoms with Gasteiger partial charge in [0.05, 0.1) is 17.5 Å². The number of anilines is 2. The largest absolute Gasteiger partial charge is 0.508 e. The van der Waals surface area contributed by atoms with Crippen LogP contribution in [0, 0.1) is 18.8 Å². The number of aliphatic carboxylic acids is 1. The molecule has 2 aliphatic rings. The van der Waals surface area contributed by atoms with Gasteiger partial charge in [0.15, 0.2) is 0 Å². The molecule has 3 aromatic rings. The second kappa shape index (κ2) is 9.05. The number of hydrogen-bond acceptors (Lipinski definition) is 6. The number of phenolic OH excluding ortho intramolecular Hbond substituents is 1. The van der Waals surface area contributed by atoms with E-state index in [0.29, 0.717) is 11.3 Å². The van der Waals surface area contributed by atoms with Crippen molar-refractivity contribution >= 4 is 29.2 Å².